The lowest BCUT2D eigenvalue weighted by molar-refractivity contribution is -0.130. The van der Waals surface area contributed by atoms with Crippen LogP contribution in [0, 0.1) is 19.8 Å². The lowest BCUT2D eigenvalue weighted by atomic mass is 9.90. The van der Waals surface area contributed by atoms with Gasteiger partial charge in [-0.3, -0.25) is 9.10 Å². The van der Waals surface area contributed by atoms with Gasteiger partial charge in [0, 0.05) is 13.1 Å². The number of rotatable bonds is 8. The van der Waals surface area contributed by atoms with Gasteiger partial charge in [-0.1, -0.05) is 54.1 Å². The van der Waals surface area contributed by atoms with E-state index in [-0.39, 0.29) is 23.1 Å². The average Bonchev–Trinajstić information content (AvgIpc) is 2.88. The molecule has 0 spiro atoms. The van der Waals surface area contributed by atoms with E-state index in [0.29, 0.717) is 24.7 Å². The maximum Gasteiger partial charge on any atom is 0.268 e. The summed E-state index contributed by atoms with van der Waals surface area (Å²) in [7, 11) is -2.61. The van der Waals surface area contributed by atoms with Crippen molar-refractivity contribution in [3.8, 4) is 5.75 Å². The molecule has 0 saturated carbocycles. The molecule has 0 aliphatic carbocycles. The zero-order valence-corrected chi connectivity index (χ0v) is 22.0. The molecule has 7 heteroatoms. The number of piperidine rings is 1. The Morgan fingerprint density at radius 1 is 0.944 bits per heavy atom. The number of hydrogen-bond donors (Lipinski definition) is 0. The van der Waals surface area contributed by atoms with Crippen molar-refractivity contribution in [2.24, 2.45) is 5.92 Å². The Morgan fingerprint density at radius 2 is 1.58 bits per heavy atom. The first kappa shape index (κ1) is 25.8. The van der Waals surface area contributed by atoms with E-state index in [0.717, 1.165) is 30.4 Å². The van der Waals surface area contributed by atoms with Gasteiger partial charge in [0.05, 0.1) is 12.8 Å². The van der Waals surface area contributed by atoms with Gasteiger partial charge in [-0.2, -0.15) is 0 Å². The van der Waals surface area contributed by atoms with Crippen molar-refractivity contribution < 1.29 is 17.9 Å². The number of benzene rings is 3. The van der Waals surface area contributed by atoms with E-state index < -0.39 is 10.0 Å². The van der Waals surface area contributed by atoms with Crippen LogP contribution in [-0.4, -0.2) is 46.0 Å². The summed E-state index contributed by atoms with van der Waals surface area (Å²) in [6.07, 6.45) is 2.81. The van der Waals surface area contributed by atoms with Gasteiger partial charge in [0.2, 0.25) is 5.91 Å². The smallest absolute Gasteiger partial charge is 0.268 e. The number of carbonyl (C=O) groups is 1. The highest BCUT2D eigenvalue weighted by Gasteiger charge is 2.32. The Kier molecular flexibility index (Phi) is 7.99. The van der Waals surface area contributed by atoms with Crippen molar-refractivity contribution in [2.75, 3.05) is 31.0 Å². The largest absolute Gasteiger partial charge is 0.495 e. The fourth-order valence-electron chi connectivity index (χ4n) is 4.69. The van der Waals surface area contributed by atoms with Crippen molar-refractivity contribution in [3.63, 3.8) is 0 Å². The molecule has 1 fully saturated rings. The Hall–Kier alpha value is -3.32. The zero-order chi connectivity index (χ0) is 25.7. The molecule has 0 atom stereocenters. The molecular formula is C29H34N2O4S. The van der Waals surface area contributed by atoms with Crippen molar-refractivity contribution in [1.82, 2.24) is 4.90 Å². The minimum Gasteiger partial charge on any atom is -0.495 e. The minimum atomic E-state index is -4.06. The van der Waals surface area contributed by atoms with E-state index in [1.807, 2.05) is 32.0 Å². The molecule has 36 heavy (non-hydrogen) atoms. The Balaban J connectivity index is 1.54. The highest BCUT2D eigenvalue weighted by atomic mass is 32.2. The fourth-order valence-corrected chi connectivity index (χ4v) is 6.34. The second-order valence-corrected chi connectivity index (χ2v) is 11.3. The minimum absolute atomic E-state index is 0.0555. The summed E-state index contributed by atoms with van der Waals surface area (Å²) in [5, 5.41) is 0. The number of methoxy groups -OCH3 is 1. The number of ether oxygens (including phenoxy) is 1. The average molecular weight is 507 g/mol. The van der Waals surface area contributed by atoms with Crippen LogP contribution in [0.1, 0.15) is 29.5 Å². The molecule has 1 saturated heterocycles. The van der Waals surface area contributed by atoms with E-state index in [4.69, 9.17) is 4.74 Å². The number of anilines is 1. The Labute approximate surface area is 214 Å². The van der Waals surface area contributed by atoms with Gasteiger partial charge in [-0.15, -0.1) is 0 Å². The van der Waals surface area contributed by atoms with Gasteiger partial charge in [0.1, 0.15) is 17.2 Å². The molecule has 6 nitrogen and oxygen atoms in total. The molecule has 0 unspecified atom stereocenters. The highest BCUT2D eigenvalue weighted by molar-refractivity contribution is 7.93. The molecule has 190 valence electrons. The highest BCUT2D eigenvalue weighted by Crippen LogP contribution is 2.31. The van der Waals surface area contributed by atoms with Crippen LogP contribution in [0.4, 0.5) is 5.69 Å². The molecule has 1 aliphatic heterocycles. The van der Waals surface area contributed by atoms with Crippen LogP contribution < -0.4 is 9.04 Å². The standard InChI is InChI=1S/C29H34N2O4S/c1-22-9-12-26(13-10-22)31(36(33,34)28-19-23(2)11-14-27(28)35-3)21-29(32)30-17-15-25(16-18-30)20-24-7-5-4-6-8-24/h4-14,19,25H,15-18,20-21H2,1-3H3. The molecule has 3 aromatic rings. The summed E-state index contributed by atoms with van der Waals surface area (Å²) in [5.74, 6) is 0.584. The number of likely N-dealkylation sites (tertiary alicyclic amines) is 1. The topological polar surface area (TPSA) is 66.9 Å². The number of nitrogens with zero attached hydrogens (tertiary/aromatic N) is 2. The quantitative estimate of drug-likeness (QED) is 0.432. The molecule has 1 aliphatic rings. The molecule has 1 heterocycles. The molecule has 0 radical (unpaired) electrons. The van der Waals surface area contributed by atoms with Gasteiger partial charge >= 0.3 is 0 Å². The van der Waals surface area contributed by atoms with E-state index >= 15 is 0 Å². The number of hydrogen-bond acceptors (Lipinski definition) is 4. The summed E-state index contributed by atoms with van der Waals surface area (Å²) >= 11 is 0. The third kappa shape index (κ3) is 5.90. The first-order chi connectivity index (χ1) is 17.3. The number of aryl methyl sites for hydroxylation is 2. The zero-order valence-electron chi connectivity index (χ0n) is 21.2. The molecule has 3 aromatic carbocycles. The van der Waals surface area contributed by atoms with Crippen LogP contribution in [-0.2, 0) is 21.2 Å². The van der Waals surface area contributed by atoms with Crippen LogP contribution in [0.25, 0.3) is 0 Å². The maximum absolute atomic E-state index is 13.9. The Morgan fingerprint density at radius 3 is 2.22 bits per heavy atom. The first-order valence-corrected chi connectivity index (χ1v) is 13.8. The number of amides is 1. The second-order valence-electron chi connectivity index (χ2n) is 9.52. The van der Waals surface area contributed by atoms with E-state index in [1.165, 1.54) is 17.0 Å². The third-order valence-corrected chi connectivity index (χ3v) is 8.62. The van der Waals surface area contributed by atoms with Gasteiger partial charge in [-0.25, -0.2) is 8.42 Å². The van der Waals surface area contributed by atoms with Crippen LogP contribution in [0.2, 0.25) is 0 Å². The van der Waals surface area contributed by atoms with Crippen LogP contribution >= 0.6 is 0 Å². The van der Waals surface area contributed by atoms with Crippen molar-refractivity contribution in [2.45, 2.75) is 38.0 Å². The van der Waals surface area contributed by atoms with Gasteiger partial charge in [0.15, 0.2) is 0 Å². The van der Waals surface area contributed by atoms with Crippen molar-refractivity contribution in [3.05, 3.63) is 89.5 Å². The summed E-state index contributed by atoms with van der Waals surface area (Å²) in [4.78, 5) is 15.3. The van der Waals surface area contributed by atoms with Crippen LogP contribution in [0.3, 0.4) is 0 Å². The van der Waals surface area contributed by atoms with E-state index in [1.54, 1.807) is 35.2 Å². The van der Waals surface area contributed by atoms with E-state index in [2.05, 4.69) is 24.3 Å². The first-order valence-electron chi connectivity index (χ1n) is 12.3. The van der Waals surface area contributed by atoms with Gasteiger partial charge in [0.25, 0.3) is 10.0 Å². The number of sulfonamides is 1. The Bertz CT molecular complexity index is 1280. The van der Waals surface area contributed by atoms with Crippen LogP contribution in [0.5, 0.6) is 5.75 Å². The molecular weight excluding hydrogens is 472 g/mol. The molecule has 1 amide bonds. The van der Waals surface area contributed by atoms with E-state index in [9.17, 15) is 13.2 Å². The molecule has 4 rings (SSSR count). The third-order valence-electron chi connectivity index (χ3n) is 6.82. The van der Waals surface area contributed by atoms with Crippen LogP contribution in [0.15, 0.2) is 77.7 Å². The second kappa shape index (κ2) is 11.2. The van der Waals surface area contributed by atoms with Crippen molar-refractivity contribution >= 4 is 21.6 Å². The predicted octanol–water partition coefficient (Wildman–Crippen LogP) is 4.99. The molecule has 0 N–H and O–H groups in total. The predicted molar refractivity (Wildman–Crippen MR) is 143 cm³/mol. The lowest BCUT2D eigenvalue weighted by Crippen LogP contribution is -2.46. The summed E-state index contributed by atoms with van der Waals surface area (Å²) in [5.41, 5.74) is 3.57. The lowest BCUT2D eigenvalue weighted by Gasteiger charge is -2.34. The molecule has 0 bridgehead atoms. The maximum atomic E-state index is 13.9. The normalized spacial score (nSPS) is 14.5. The summed E-state index contributed by atoms with van der Waals surface area (Å²) in [6, 6.07) is 22.6. The number of carbonyl (C=O) groups excluding carboxylic acids is 1. The monoisotopic (exact) mass is 506 g/mol. The fraction of sp³-hybridized carbons (Fsp3) is 0.345. The summed E-state index contributed by atoms with van der Waals surface area (Å²) in [6.45, 7) is 4.78. The van der Waals surface area contributed by atoms with Gasteiger partial charge < -0.3 is 9.64 Å². The molecule has 0 aromatic heterocycles. The van der Waals surface area contributed by atoms with Gasteiger partial charge in [-0.05, 0) is 74.4 Å². The van der Waals surface area contributed by atoms with Crippen molar-refractivity contribution in [1.29, 1.82) is 0 Å². The summed E-state index contributed by atoms with van der Waals surface area (Å²) < 4.78 is 34.4. The SMILES string of the molecule is COc1ccc(C)cc1S(=O)(=O)N(CC(=O)N1CCC(Cc2ccccc2)CC1)c1ccc(C)cc1.